The van der Waals surface area contributed by atoms with Crippen LogP contribution in [0.25, 0.3) is 66.0 Å². The lowest BCUT2D eigenvalue weighted by atomic mass is 10.1. The number of nitrogens with zero attached hydrogens (tertiary/aromatic N) is 5. The van der Waals surface area contributed by atoms with Crippen molar-refractivity contribution in [2.75, 3.05) is 0 Å². The van der Waals surface area contributed by atoms with Gasteiger partial charge in [0.1, 0.15) is 28.4 Å². The van der Waals surface area contributed by atoms with Crippen LogP contribution >= 0.6 is 0 Å². The lowest BCUT2D eigenvalue weighted by Crippen LogP contribution is -1.94. The summed E-state index contributed by atoms with van der Waals surface area (Å²) < 4.78 is 10.7. The lowest BCUT2D eigenvalue weighted by molar-refractivity contribution is 0.484. The molecule has 6 nitrogen and oxygen atoms in total. The van der Waals surface area contributed by atoms with E-state index in [1.807, 2.05) is 55.0 Å². The van der Waals surface area contributed by atoms with Crippen LogP contribution < -0.4 is 4.74 Å². The second-order valence-corrected chi connectivity index (χ2v) is 10.2. The number of rotatable bonds is 3. The highest BCUT2D eigenvalue weighted by Crippen LogP contribution is 2.36. The molecule has 6 heteroatoms. The van der Waals surface area contributed by atoms with Gasteiger partial charge in [-0.25, -0.2) is 15.0 Å². The summed E-state index contributed by atoms with van der Waals surface area (Å²) in [7, 11) is 0. The predicted molar refractivity (Wildman–Crippen MR) is 164 cm³/mol. The summed E-state index contributed by atoms with van der Waals surface area (Å²) in [5.41, 5.74) is 5.74. The number of fused-ring (bicyclic) bond motifs is 12. The van der Waals surface area contributed by atoms with Crippen LogP contribution in [0, 0.1) is 0 Å². The van der Waals surface area contributed by atoms with E-state index in [-0.39, 0.29) is 0 Å². The molecule has 0 fully saturated rings. The van der Waals surface area contributed by atoms with Gasteiger partial charge in [0.25, 0.3) is 0 Å². The summed E-state index contributed by atoms with van der Waals surface area (Å²) in [5, 5.41) is 6.54. The van der Waals surface area contributed by atoms with Gasteiger partial charge in [0.05, 0.1) is 11.2 Å². The van der Waals surface area contributed by atoms with E-state index in [2.05, 4.69) is 86.7 Å². The first kappa shape index (κ1) is 22.1. The Labute approximate surface area is 233 Å². The first-order valence-corrected chi connectivity index (χ1v) is 13.5. The second kappa shape index (κ2) is 8.37. The molecule has 0 N–H and O–H groups in total. The number of hydrogen-bond donors (Lipinski definition) is 0. The van der Waals surface area contributed by atoms with E-state index >= 15 is 0 Å². The van der Waals surface area contributed by atoms with E-state index in [4.69, 9.17) is 14.7 Å². The van der Waals surface area contributed by atoms with Crippen molar-refractivity contribution in [3.05, 3.63) is 128 Å². The average Bonchev–Trinajstić information content (AvgIpc) is 3.71. The molecular weight excluding hydrogens is 506 g/mol. The molecule has 0 atom stereocenters. The van der Waals surface area contributed by atoms with E-state index in [0.29, 0.717) is 0 Å². The number of ether oxygens (including phenoxy) is 1. The molecule has 0 radical (unpaired) electrons. The van der Waals surface area contributed by atoms with Gasteiger partial charge in [-0.15, -0.1) is 0 Å². The van der Waals surface area contributed by atoms with Crippen LogP contribution in [-0.2, 0) is 0 Å². The van der Waals surface area contributed by atoms with Crippen LogP contribution in [0.3, 0.4) is 0 Å². The van der Waals surface area contributed by atoms with E-state index in [0.717, 1.165) is 72.1 Å². The third-order valence-electron chi connectivity index (χ3n) is 7.87. The van der Waals surface area contributed by atoms with Gasteiger partial charge < -0.3 is 4.74 Å². The second-order valence-electron chi connectivity index (χ2n) is 10.2. The van der Waals surface area contributed by atoms with E-state index in [9.17, 15) is 0 Å². The number of hydrogen-bond acceptors (Lipinski definition) is 4. The van der Waals surface area contributed by atoms with Crippen molar-refractivity contribution in [1.82, 2.24) is 23.8 Å². The zero-order valence-corrected chi connectivity index (χ0v) is 21.8. The minimum Gasteiger partial charge on any atom is -0.457 e. The lowest BCUT2D eigenvalue weighted by Gasteiger charge is -2.12. The molecular formula is C35H21N5O. The third-order valence-corrected chi connectivity index (χ3v) is 7.87. The fourth-order valence-corrected chi connectivity index (χ4v) is 6.04. The molecule has 0 spiro atoms. The molecule has 5 heterocycles. The standard InChI is InChI=1S/C35H21N5O/c1-2-7-22(8-3-1)31-21-40-33-28(10-6-16-36-33)26-15-13-24(20-30(26)35(40)38-31)41-23-12-14-25-27-9-4-5-11-32(27)39-18-17-37-34(39)29(25)19-23/h1-21H. The van der Waals surface area contributed by atoms with Crippen molar-refractivity contribution < 1.29 is 4.74 Å². The molecule has 9 aromatic rings. The first-order valence-electron chi connectivity index (χ1n) is 13.5. The largest absolute Gasteiger partial charge is 0.457 e. The number of imidazole rings is 2. The molecule has 0 amide bonds. The molecule has 0 aliphatic heterocycles. The van der Waals surface area contributed by atoms with Crippen LogP contribution in [0.1, 0.15) is 0 Å². The molecule has 0 aliphatic rings. The van der Waals surface area contributed by atoms with Crippen LogP contribution in [0.15, 0.2) is 128 Å². The van der Waals surface area contributed by atoms with Crippen molar-refractivity contribution in [2.45, 2.75) is 0 Å². The third kappa shape index (κ3) is 3.28. The Bertz CT molecular complexity index is 2460. The Balaban J connectivity index is 1.23. The van der Waals surface area contributed by atoms with Crippen molar-refractivity contribution in [3.63, 3.8) is 0 Å². The van der Waals surface area contributed by atoms with E-state index in [1.165, 1.54) is 5.39 Å². The Morgan fingerprint density at radius 3 is 2.05 bits per heavy atom. The minimum atomic E-state index is 0.742. The van der Waals surface area contributed by atoms with Gasteiger partial charge in [-0.1, -0.05) is 48.5 Å². The predicted octanol–water partition coefficient (Wildman–Crippen LogP) is 8.45. The van der Waals surface area contributed by atoms with Gasteiger partial charge in [-0.05, 0) is 65.4 Å². The van der Waals surface area contributed by atoms with Gasteiger partial charge in [0, 0.05) is 51.9 Å². The van der Waals surface area contributed by atoms with Crippen LogP contribution in [0.5, 0.6) is 11.5 Å². The van der Waals surface area contributed by atoms with Crippen LogP contribution in [0.2, 0.25) is 0 Å². The SMILES string of the molecule is c1ccc(-c2cn3c4ncccc4c4ccc(Oc5ccc6c7ccccc7n7ccnc7c6c5)cc4c3n2)cc1. The summed E-state index contributed by atoms with van der Waals surface area (Å²) in [6.07, 6.45) is 7.74. The molecule has 0 unspecified atom stereocenters. The monoisotopic (exact) mass is 527 g/mol. The Hall–Kier alpha value is -5.75. The highest BCUT2D eigenvalue weighted by Gasteiger charge is 2.15. The number of pyridine rings is 3. The fourth-order valence-electron chi connectivity index (χ4n) is 6.04. The molecule has 4 aromatic carbocycles. The number of benzene rings is 4. The van der Waals surface area contributed by atoms with Gasteiger partial charge in [0.15, 0.2) is 0 Å². The molecule has 0 bridgehead atoms. The topological polar surface area (TPSA) is 56.7 Å². The molecule has 192 valence electrons. The van der Waals surface area contributed by atoms with Gasteiger partial charge >= 0.3 is 0 Å². The summed E-state index contributed by atoms with van der Waals surface area (Å²) in [6.45, 7) is 0. The zero-order valence-electron chi connectivity index (χ0n) is 21.8. The molecule has 0 saturated carbocycles. The van der Waals surface area contributed by atoms with Crippen molar-refractivity contribution in [3.8, 4) is 22.8 Å². The maximum Gasteiger partial charge on any atom is 0.147 e. The minimum absolute atomic E-state index is 0.742. The smallest absolute Gasteiger partial charge is 0.147 e. The first-order chi connectivity index (χ1) is 20.3. The normalized spacial score (nSPS) is 11.9. The average molecular weight is 528 g/mol. The maximum absolute atomic E-state index is 6.49. The number of para-hydroxylation sites is 1. The van der Waals surface area contributed by atoms with Crippen LogP contribution in [-0.4, -0.2) is 23.8 Å². The summed E-state index contributed by atoms with van der Waals surface area (Å²) in [6, 6.07) is 35.2. The molecule has 5 aromatic heterocycles. The Kier molecular flexibility index (Phi) is 4.51. The summed E-state index contributed by atoms with van der Waals surface area (Å²) in [5.74, 6) is 1.50. The summed E-state index contributed by atoms with van der Waals surface area (Å²) >= 11 is 0. The fraction of sp³-hybridized carbons (Fsp3) is 0. The molecule has 41 heavy (non-hydrogen) atoms. The molecule has 9 rings (SSSR count). The quantitative estimate of drug-likeness (QED) is 0.216. The maximum atomic E-state index is 6.49. The van der Waals surface area contributed by atoms with Crippen molar-refractivity contribution in [2.24, 2.45) is 0 Å². The van der Waals surface area contributed by atoms with Gasteiger partial charge in [-0.2, -0.15) is 0 Å². The Morgan fingerprint density at radius 2 is 1.20 bits per heavy atom. The summed E-state index contributed by atoms with van der Waals surface area (Å²) in [4.78, 5) is 14.4. The van der Waals surface area contributed by atoms with Crippen LogP contribution in [0.4, 0.5) is 0 Å². The van der Waals surface area contributed by atoms with Gasteiger partial charge in [-0.3, -0.25) is 8.80 Å². The number of aromatic nitrogens is 5. The molecule has 0 aliphatic carbocycles. The highest BCUT2D eigenvalue weighted by atomic mass is 16.5. The van der Waals surface area contributed by atoms with Crippen molar-refractivity contribution in [1.29, 1.82) is 0 Å². The van der Waals surface area contributed by atoms with Crippen molar-refractivity contribution >= 4 is 54.8 Å². The Morgan fingerprint density at radius 1 is 0.512 bits per heavy atom. The van der Waals surface area contributed by atoms with E-state index in [1.54, 1.807) is 0 Å². The molecule has 0 saturated heterocycles. The van der Waals surface area contributed by atoms with E-state index < -0.39 is 0 Å². The highest BCUT2D eigenvalue weighted by molar-refractivity contribution is 6.13. The zero-order chi connectivity index (χ0) is 26.9. The van der Waals surface area contributed by atoms with Gasteiger partial charge in [0.2, 0.25) is 0 Å².